The van der Waals surface area contributed by atoms with Crippen molar-refractivity contribution in [1.29, 1.82) is 5.26 Å². The number of nitro groups is 1. The lowest BCUT2D eigenvalue weighted by atomic mass is 10.1. The average Bonchev–Trinajstić information content (AvgIpc) is 2.79. The Labute approximate surface area is 198 Å². The molecule has 1 amide bonds. The molecular formula is C25H18F3N3O4. The van der Waals surface area contributed by atoms with Gasteiger partial charge in [-0.3, -0.25) is 14.9 Å². The van der Waals surface area contributed by atoms with Gasteiger partial charge in [0.15, 0.2) is 0 Å². The minimum atomic E-state index is -4.77. The molecule has 3 aromatic carbocycles. The number of nitro benzene ring substituents is 1. The molecule has 1 N–H and O–H groups in total. The number of nitrogens with one attached hydrogen (secondary N) is 1. The Kier molecular flexibility index (Phi) is 7.20. The number of nitriles is 1. The third-order valence-electron chi connectivity index (χ3n) is 4.92. The number of alkyl halides is 3. The van der Waals surface area contributed by atoms with Crippen molar-refractivity contribution in [2.24, 2.45) is 0 Å². The highest BCUT2D eigenvalue weighted by Gasteiger charge is 2.33. The molecule has 10 heteroatoms. The first kappa shape index (κ1) is 25.0. The highest BCUT2D eigenvalue weighted by molar-refractivity contribution is 6.10. The maximum absolute atomic E-state index is 13.0. The van der Waals surface area contributed by atoms with Crippen molar-refractivity contribution < 1.29 is 27.6 Å². The van der Waals surface area contributed by atoms with E-state index in [1.54, 1.807) is 31.2 Å². The van der Waals surface area contributed by atoms with Crippen LogP contribution in [0.1, 0.15) is 22.3 Å². The zero-order valence-electron chi connectivity index (χ0n) is 18.5. The van der Waals surface area contributed by atoms with Crippen molar-refractivity contribution in [3.63, 3.8) is 0 Å². The summed E-state index contributed by atoms with van der Waals surface area (Å²) < 4.78 is 44.5. The van der Waals surface area contributed by atoms with Crippen molar-refractivity contribution in [3.05, 3.63) is 98.6 Å². The Balaban J connectivity index is 1.94. The molecule has 0 atom stereocenters. The summed E-state index contributed by atoms with van der Waals surface area (Å²) >= 11 is 0. The molecule has 0 saturated heterocycles. The lowest BCUT2D eigenvalue weighted by Crippen LogP contribution is -2.14. The molecule has 3 aromatic rings. The van der Waals surface area contributed by atoms with Crippen LogP contribution in [0.15, 0.2) is 66.2 Å². The normalized spacial score (nSPS) is 11.5. The molecule has 0 aliphatic carbocycles. The second kappa shape index (κ2) is 10.1. The van der Waals surface area contributed by atoms with E-state index in [-0.39, 0.29) is 16.9 Å². The number of amides is 1. The Bertz CT molecular complexity index is 1380. The van der Waals surface area contributed by atoms with Crippen LogP contribution in [-0.4, -0.2) is 10.8 Å². The fourth-order valence-electron chi connectivity index (χ4n) is 3.18. The molecule has 0 radical (unpaired) electrons. The van der Waals surface area contributed by atoms with E-state index in [9.17, 15) is 33.3 Å². The summed E-state index contributed by atoms with van der Waals surface area (Å²) in [5.41, 5.74) is 0.184. The van der Waals surface area contributed by atoms with Crippen LogP contribution < -0.4 is 10.1 Å². The quantitative estimate of drug-likeness (QED) is 0.186. The maximum atomic E-state index is 13.0. The van der Waals surface area contributed by atoms with Gasteiger partial charge in [0.05, 0.1) is 10.5 Å². The third kappa shape index (κ3) is 6.03. The van der Waals surface area contributed by atoms with Crippen LogP contribution in [-0.2, 0) is 11.0 Å². The van der Waals surface area contributed by atoms with E-state index in [0.29, 0.717) is 17.8 Å². The second-order valence-corrected chi connectivity index (χ2v) is 7.52. The number of hydrogen-bond donors (Lipinski definition) is 1. The predicted molar refractivity (Wildman–Crippen MR) is 123 cm³/mol. The van der Waals surface area contributed by atoms with Crippen LogP contribution >= 0.6 is 0 Å². The standard InChI is InChI=1S/C25H18F3N3O4/c1-15-7-9-20(16(2)11-15)30-24(32)18(14-29)12-17-5-3-4-6-22(17)35-23-10-8-19(25(26,27)28)13-21(23)31(33)34/h3-13H,1-2H3,(H,30,32)/b18-12+. The van der Waals surface area contributed by atoms with Gasteiger partial charge in [0, 0.05) is 17.3 Å². The Hall–Kier alpha value is -4.65. The first-order chi connectivity index (χ1) is 16.5. The fraction of sp³-hybridized carbons (Fsp3) is 0.120. The van der Waals surface area contributed by atoms with Gasteiger partial charge < -0.3 is 10.1 Å². The van der Waals surface area contributed by atoms with Crippen molar-refractivity contribution in [1.82, 2.24) is 0 Å². The number of aryl methyl sites for hydroxylation is 2. The Morgan fingerprint density at radius 3 is 2.43 bits per heavy atom. The molecule has 3 rings (SSSR count). The summed E-state index contributed by atoms with van der Waals surface area (Å²) in [5.74, 6) is -1.11. The van der Waals surface area contributed by atoms with E-state index in [2.05, 4.69) is 5.32 Å². The molecule has 178 valence electrons. The molecule has 0 bridgehead atoms. The van der Waals surface area contributed by atoms with E-state index < -0.39 is 34.0 Å². The van der Waals surface area contributed by atoms with Gasteiger partial charge in [-0.05, 0) is 49.8 Å². The number of rotatable bonds is 6. The summed E-state index contributed by atoms with van der Waals surface area (Å²) in [6, 6.07) is 15.1. The van der Waals surface area contributed by atoms with Crippen molar-refractivity contribution >= 4 is 23.4 Å². The number of halogens is 3. The molecule has 0 aliphatic rings. The zero-order chi connectivity index (χ0) is 25.8. The number of benzene rings is 3. The Morgan fingerprint density at radius 2 is 1.80 bits per heavy atom. The fourth-order valence-corrected chi connectivity index (χ4v) is 3.18. The van der Waals surface area contributed by atoms with Gasteiger partial charge in [0.1, 0.15) is 17.4 Å². The summed E-state index contributed by atoms with van der Waals surface area (Å²) in [4.78, 5) is 23.1. The highest BCUT2D eigenvalue weighted by atomic mass is 19.4. The predicted octanol–water partition coefficient (Wildman–Crippen LogP) is 6.57. The number of hydrogen-bond acceptors (Lipinski definition) is 5. The van der Waals surface area contributed by atoms with Gasteiger partial charge in [-0.1, -0.05) is 35.9 Å². The van der Waals surface area contributed by atoms with Crippen molar-refractivity contribution in [2.45, 2.75) is 20.0 Å². The number of para-hydroxylation sites is 1. The Morgan fingerprint density at radius 1 is 1.09 bits per heavy atom. The van der Waals surface area contributed by atoms with E-state index in [4.69, 9.17) is 4.74 Å². The van der Waals surface area contributed by atoms with Gasteiger partial charge in [0.2, 0.25) is 5.75 Å². The van der Waals surface area contributed by atoms with E-state index in [1.807, 2.05) is 13.0 Å². The molecule has 0 spiro atoms. The first-order valence-corrected chi connectivity index (χ1v) is 10.1. The van der Waals surface area contributed by atoms with Gasteiger partial charge in [-0.15, -0.1) is 0 Å². The average molecular weight is 481 g/mol. The monoisotopic (exact) mass is 481 g/mol. The second-order valence-electron chi connectivity index (χ2n) is 7.52. The van der Waals surface area contributed by atoms with Gasteiger partial charge in [-0.2, -0.15) is 18.4 Å². The maximum Gasteiger partial charge on any atom is 0.416 e. The third-order valence-corrected chi connectivity index (χ3v) is 4.92. The van der Waals surface area contributed by atoms with Crippen LogP contribution in [0.25, 0.3) is 6.08 Å². The minimum absolute atomic E-state index is 0.00225. The van der Waals surface area contributed by atoms with E-state index in [1.165, 1.54) is 24.3 Å². The molecule has 35 heavy (non-hydrogen) atoms. The van der Waals surface area contributed by atoms with E-state index >= 15 is 0 Å². The summed E-state index contributed by atoms with van der Waals surface area (Å²) in [6.45, 7) is 3.70. The first-order valence-electron chi connectivity index (χ1n) is 10.1. The molecule has 0 unspecified atom stereocenters. The number of nitrogens with zero attached hydrogens (tertiary/aromatic N) is 2. The number of anilines is 1. The van der Waals surface area contributed by atoms with Gasteiger partial charge >= 0.3 is 11.9 Å². The molecule has 0 saturated carbocycles. The summed E-state index contributed by atoms with van der Waals surface area (Å²) in [7, 11) is 0. The smallest absolute Gasteiger partial charge is 0.416 e. The van der Waals surface area contributed by atoms with Crippen molar-refractivity contribution in [2.75, 3.05) is 5.32 Å². The number of ether oxygens (including phenoxy) is 1. The van der Waals surface area contributed by atoms with Crippen LogP contribution in [0.3, 0.4) is 0 Å². The zero-order valence-corrected chi connectivity index (χ0v) is 18.5. The van der Waals surface area contributed by atoms with Gasteiger partial charge in [0.25, 0.3) is 5.91 Å². The molecule has 0 aromatic heterocycles. The molecule has 0 fully saturated rings. The molecular weight excluding hydrogens is 463 g/mol. The molecule has 0 heterocycles. The van der Waals surface area contributed by atoms with Crippen molar-refractivity contribution in [3.8, 4) is 17.6 Å². The van der Waals surface area contributed by atoms with Gasteiger partial charge in [-0.25, -0.2) is 0 Å². The number of carbonyl (C=O) groups is 1. The largest absolute Gasteiger partial charge is 0.449 e. The van der Waals surface area contributed by atoms with E-state index in [0.717, 1.165) is 17.2 Å². The summed E-state index contributed by atoms with van der Waals surface area (Å²) in [5, 5.41) is 23.6. The SMILES string of the molecule is Cc1ccc(NC(=O)/C(C#N)=C/c2ccccc2Oc2ccc(C(F)(F)F)cc2[N+](=O)[O-])c(C)c1. The van der Waals surface area contributed by atoms with Crippen LogP contribution in [0.5, 0.6) is 11.5 Å². The molecule has 7 nitrogen and oxygen atoms in total. The lowest BCUT2D eigenvalue weighted by molar-refractivity contribution is -0.385. The van der Waals surface area contributed by atoms with Crippen LogP contribution in [0.2, 0.25) is 0 Å². The minimum Gasteiger partial charge on any atom is -0.449 e. The highest BCUT2D eigenvalue weighted by Crippen LogP contribution is 2.38. The topological polar surface area (TPSA) is 105 Å². The van der Waals surface area contributed by atoms with Crippen LogP contribution in [0, 0.1) is 35.3 Å². The molecule has 0 aliphatic heterocycles. The lowest BCUT2D eigenvalue weighted by Gasteiger charge is -2.12. The number of carbonyl (C=O) groups excluding carboxylic acids is 1. The van der Waals surface area contributed by atoms with Crippen LogP contribution in [0.4, 0.5) is 24.5 Å². The summed E-state index contributed by atoms with van der Waals surface area (Å²) in [6.07, 6.45) is -3.54.